The Morgan fingerprint density at radius 1 is 1.08 bits per heavy atom. The summed E-state index contributed by atoms with van der Waals surface area (Å²) in [6.45, 7) is 0.108. The molecule has 0 unspecified atom stereocenters. The average Bonchev–Trinajstić information content (AvgIpc) is 2.68. The molecule has 132 valence electrons. The average molecular weight is 351 g/mol. The molecule has 0 aliphatic carbocycles. The second-order valence-electron chi connectivity index (χ2n) is 5.56. The Labute approximate surface area is 150 Å². The lowest BCUT2D eigenvalue weighted by atomic mass is 10.2. The highest BCUT2D eigenvalue weighted by Crippen LogP contribution is 2.20. The van der Waals surface area contributed by atoms with Gasteiger partial charge in [0.1, 0.15) is 17.3 Å². The summed E-state index contributed by atoms with van der Waals surface area (Å²) in [5, 5.41) is 5.85. The first-order valence-corrected chi connectivity index (χ1v) is 8.04. The second kappa shape index (κ2) is 8.11. The van der Waals surface area contributed by atoms with Gasteiger partial charge in [0.05, 0.1) is 19.0 Å². The minimum atomic E-state index is -0.360. The fraction of sp³-hybridized carbons (Fsp3) is 0.100. The van der Waals surface area contributed by atoms with Crippen LogP contribution in [0.1, 0.15) is 16.1 Å². The van der Waals surface area contributed by atoms with Gasteiger partial charge in [0.15, 0.2) is 0 Å². The zero-order valence-electron chi connectivity index (χ0n) is 14.2. The molecule has 0 fully saturated rings. The van der Waals surface area contributed by atoms with Crippen LogP contribution >= 0.6 is 0 Å². The molecule has 0 bridgehead atoms. The van der Waals surface area contributed by atoms with Gasteiger partial charge in [0, 0.05) is 23.9 Å². The summed E-state index contributed by atoms with van der Waals surface area (Å²) >= 11 is 0. The van der Waals surface area contributed by atoms with Crippen LogP contribution < -0.4 is 15.4 Å². The number of carbonyl (C=O) groups excluding carboxylic acids is 1. The molecule has 3 aromatic rings. The third kappa shape index (κ3) is 4.36. The predicted octanol–water partition coefficient (Wildman–Crippen LogP) is 3.90. The first-order valence-electron chi connectivity index (χ1n) is 8.04. The van der Waals surface area contributed by atoms with E-state index >= 15 is 0 Å². The summed E-state index contributed by atoms with van der Waals surface area (Å²) < 4.78 is 18.8. The lowest BCUT2D eigenvalue weighted by Crippen LogP contribution is -2.24. The third-order valence-corrected chi connectivity index (χ3v) is 3.75. The number of hydrogen-bond donors (Lipinski definition) is 2. The number of aromatic nitrogens is 1. The minimum absolute atomic E-state index is 0.108. The Morgan fingerprint density at radius 3 is 2.65 bits per heavy atom. The molecule has 5 nitrogen and oxygen atoms in total. The fourth-order valence-corrected chi connectivity index (χ4v) is 2.38. The van der Waals surface area contributed by atoms with Crippen LogP contribution in [0, 0.1) is 5.82 Å². The van der Waals surface area contributed by atoms with Crippen molar-refractivity contribution in [1.29, 1.82) is 0 Å². The number of benzene rings is 2. The van der Waals surface area contributed by atoms with Gasteiger partial charge in [-0.1, -0.05) is 24.3 Å². The molecule has 0 atom stereocenters. The third-order valence-electron chi connectivity index (χ3n) is 3.75. The van der Waals surface area contributed by atoms with E-state index in [4.69, 9.17) is 4.74 Å². The van der Waals surface area contributed by atoms with Gasteiger partial charge in [-0.3, -0.25) is 4.79 Å². The highest BCUT2D eigenvalue weighted by Gasteiger charge is 2.08. The van der Waals surface area contributed by atoms with Gasteiger partial charge < -0.3 is 15.4 Å². The maximum atomic E-state index is 13.6. The van der Waals surface area contributed by atoms with Crippen molar-refractivity contribution in [3.63, 3.8) is 0 Å². The maximum absolute atomic E-state index is 13.6. The van der Waals surface area contributed by atoms with Crippen LogP contribution in [0.3, 0.4) is 0 Å². The number of anilines is 2. The molecule has 0 radical (unpaired) electrons. The van der Waals surface area contributed by atoms with Crippen molar-refractivity contribution < 1.29 is 13.9 Å². The molecular formula is C20H18FN3O2. The highest BCUT2D eigenvalue weighted by molar-refractivity contribution is 5.92. The van der Waals surface area contributed by atoms with Crippen LogP contribution in [0.4, 0.5) is 15.8 Å². The molecule has 1 aromatic heterocycles. The molecule has 3 rings (SSSR count). The summed E-state index contributed by atoms with van der Waals surface area (Å²) in [6, 6.07) is 17.2. The topological polar surface area (TPSA) is 63.2 Å². The predicted molar refractivity (Wildman–Crippen MR) is 98.1 cm³/mol. The van der Waals surface area contributed by atoms with Crippen molar-refractivity contribution in [2.75, 3.05) is 12.4 Å². The summed E-state index contributed by atoms with van der Waals surface area (Å²) in [6.07, 6.45) is 1.57. The molecule has 1 amide bonds. The quantitative estimate of drug-likeness (QED) is 0.707. The first kappa shape index (κ1) is 17.4. The number of halogens is 1. The van der Waals surface area contributed by atoms with Crippen molar-refractivity contribution in [3.05, 3.63) is 83.9 Å². The monoisotopic (exact) mass is 351 g/mol. The number of nitrogens with zero attached hydrogens (tertiary/aromatic N) is 1. The zero-order chi connectivity index (χ0) is 18.4. The van der Waals surface area contributed by atoms with Crippen molar-refractivity contribution in [3.8, 4) is 5.75 Å². The number of ether oxygens (including phenoxy) is 1. The number of carbonyl (C=O) groups is 1. The number of hydrogen-bond acceptors (Lipinski definition) is 4. The normalized spacial score (nSPS) is 10.2. The van der Waals surface area contributed by atoms with Crippen LogP contribution in [0.25, 0.3) is 0 Å². The maximum Gasteiger partial charge on any atom is 0.270 e. The summed E-state index contributed by atoms with van der Waals surface area (Å²) in [5.74, 6) is 0.0341. The van der Waals surface area contributed by atoms with Crippen LogP contribution in [-0.4, -0.2) is 18.0 Å². The van der Waals surface area contributed by atoms with Crippen LogP contribution in [0.5, 0.6) is 5.75 Å². The first-order chi connectivity index (χ1) is 12.7. The molecule has 26 heavy (non-hydrogen) atoms. The standard InChI is InChI=1S/C20H18FN3O2/c1-26-17-7-4-6-15(11-17)24-16-9-10-19(22-13-16)20(25)23-12-14-5-2-3-8-18(14)21/h2-11,13,24H,12H2,1H3,(H,23,25). The molecule has 2 aromatic carbocycles. The Balaban J connectivity index is 1.61. The molecule has 0 aliphatic heterocycles. The Bertz CT molecular complexity index is 898. The van der Waals surface area contributed by atoms with Gasteiger partial charge >= 0.3 is 0 Å². The van der Waals surface area contributed by atoms with Crippen LogP contribution in [0.2, 0.25) is 0 Å². The van der Waals surface area contributed by atoms with Gasteiger partial charge in [-0.05, 0) is 30.3 Å². The molecular weight excluding hydrogens is 333 g/mol. The molecule has 0 saturated heterocycles. The van der Waals surface area contributed by atoms with Gasteiger partial charge in [0.25, 0.3) is 5.91 Å². The van der Waals surface area contributed by atoms with Crippen molar-refractivity contribution >= 4 is 17.3 Å². The van der Waals surface area contributed by atoms with Crippen LogP contribution in [0.15, 0.2) is 66.9 Å². The lowest BCUT2D eigenvalue weighted by molar-refractivity contribution is 0.0945. The molecule has 6 heteroatoms. The van der Waals surface area contributed by atoms with Gasteiger partial charge in [-0.25, -0.2) is 9.37 Å². The van der Waals surface area contributed by atoms with E-state index in [0.717, 1.165) is 17.1 Å². The van der Waals surface area contributed by atoms with Gasteiger partial charge in [0.2, 0.25) is 0 Å². The Morgan fingerprint density at radius 2 is 1.92 bits per heavy atom. The number of amides is 1. The summed E-state index contributed by atoms with van der Waals surface area (Å²) in [5.41, 5.74) is 2.28. The summed E-state index contributed by atoms with van der Waals surface area (Å²) in [4.78, 5) is 16.3. The number of rotatable bonds is 6. The van der Waals surface area contributed by atoms with Gasteiger partial charge in [-0.15, -0.1) is 0 Å². The van der Waals surface area contributed by atoms with E-state index < -0.39 is 0 Å². The second-order valence-corrected chi connectivity index (χ2v) is 5.56. The van der Waals surface area contributed by atoms with E-state index in [0.29, 0.717) is 5.56 Å². The highest BCUT2D eigenvalue weighted by atomic mass is 19.1. The number of nitrogens with one attached hydrogen (secondary N) is 2. The largest absolute Gasteiger partial charge is 0.497 e. The Hall–Kier alpha value is -3.41. The zero-order valence-corrected chi connectivity index (χ0v) is 14.2. The van der Waals surface area contributed by atoms with E-state index in [1.165, 1.54) is 6.07 Å². The summed E-state index contributed by atoms with van der Waals surface area (Å²) in [7, 11) is 1.61. The van der Waals surface area contributed by atoms with E-state index in [-0.39, 0.29) is 24.0 Å². The van der Waals surface area contributed by atoms with Crippen molar-refractivity contribution in [2.45, 2.75) is 6.54 Å². The van der Waals surface area contributed by atoms with E-state index in [9.17, 15) is 9.18 Å². The molecule has 1 heterocycles. The van der Waals surface area contributed by atoms with Crippen LogP contribution in [-0.2, 0) is 6.54 Å². The van der Waals surface area contributed by atoms with E-state index in [1.807, 2.05) is 24.3 Å². The molecule has 2 N–H and O–H groups in total. The van der Waals surface area contributed by atoms with E-state index in [2.05, 4.69) is 15.6 Å². The smallest absolute Gasteiger partial charge is 0.270 e. The fourth-order valence-electron chi connectivity index (χ4n) is 2.38. The number of pyridine rings is 1. The van der Waals surface area contributed by atoms with Crippen molar-refractivity contribution in [1.82, 2.24) is 10.3 Å². The van der Waals surface area contributed by atoms with Gasteiger partial charge in [-0.2, -0.15) is 0 Å². The lowest BCUT2D eigenvalue weighted by Gasteiger charge is -2.09. The minimum Gasteiger partial charge on any atom is -0.497 e. The molecule has 0 aliphatic rings. The molecule has 0 spiro atoms. The Kier molecular flexibility index (Phi) is 5.43. The number of methoxy groups -OCH3 is 1. The SMILES string of the molecule is COc1cccc(Nc2ccc(C(=O)NCc3ccccc3F)nc2)c1. The van der Waals surface area contributed by atoms with E-state index in [1.54, 1.807) is 43.6 Å². The van der Waals surface area contributed by atoms with Crippen molar-refractivity contribution in [2.24, 2.45) is 0 Å². The molecule has 0 saturated carbocycles.